The standard InChI is InChI=1S/C17H20FN3O/c1-2-5-17(22)21-16-9-8-14(12-20-16)19-11-10-13-6-3-4-7-15(13)18/h3-4,6-9,12,19H,2,5,10-11H2,1H3,(H,20,21,22). The summed E-state index contributed by atoms with van der Waals surface area (Å²) in [6, 6.07) is 10.3. The van der Waals surface area contributed by atoms with Crippen LogP contribution in [0.4, 0.5) is 15.9 Å². The van der Waals surface area contributed by atoms with Crippen molar-refractivity contribution in [3.8, 4) is 0 Å². The molecule has 0 aliphatic heterocycles. The summed E-state index contributed by atoms with van der Waals surface area (Å²) in [5.74, 6) is 0.324. The SMILES string of the molecule is CCCC(=O)Nc1ccc(NCCc2ccccc2F)cn1. The lowest BCUT2D eigenvalue weighted by molar-refractivity contribution is -0.116. The highest BCUT2D eigenvalue weighted by atomic mass is 19.1. The predicted molar refractivity (Wildman–Crippen MR) is 86.4 cm³/mol. The van der Waals surface area contributed by atoms with Gasteiger partial charge in [-0.2, -0.15) is 0 Å². The van der Waals surface area contributed by atoms with Crippen LogP contribution in [-0.2, 0) is 11.2 Å². The van der Waals surface area contributed by atoms with Crippen LogP contribution in [0.5, 0.6) is 0 Å². The first kappa shape index (κ1) is 15.9. The van der Waals surface area contributed by atoms with Gasteiger partial charge in [0.1, 0.15) is 11.6 Å². The van der Waals surface area contributed by atoms with Crippen LogP contribution in [0, 0.1) is 5.82 Å². The summed E-state index contributed by atoms with van der Waals surface area (Å²) in [6.45, 7) is 2.57. The van der Waals surface area contributed by atoms with Gasteiger partial charge in [0.25, 0.3) is 0 Å². The number of amides is 1. The normalized spacial score (nSPS) is 10.3. The lowest BCUT2D eigenvalue weighted by Gasteiger charge is -2.08. The molecule has 0 atom stereocenters. The van der Waals surface area contributed by atoms with Gasteiger partial charge in [-0.15, -0.1) is 0 Å². The molecule has 0 saturated carbocycles. The zero-order valence-electron chi connectivity index (χ0n) is 12.6. The minimum Gasteiger partial charge on any atom is -0.383 e. The van der Waals surface area contributed by atoms with Gasteiger partial charge in [0.05, 0.1) is 11.9 Å². The molecule has 0 saturated heterocycles. The molecule has 4 nitrogen and oxygen atoms in total. The van der Waals surface area contributed by atoms with Gasteiger partial charge in [-0.25, -0.2) is 9.37 Å². The lowest BCUT2D eigenvalue weighted by atomic mass is 10.1. The van der Waals surface area contributed by atoms with Gasteiger partial charge in [0.2, 0.25) is 5.91 Å². The average Bonchev–Trinajstić information content (AvgIpc) is 2.51. The third-order valence-electron chi connectivity index (χ3n) is 3.19. The summed E-state index contributed by atoms with van der Waals surface area (Å²) in [5.41, 5.74) is 1.52. The maximum absolute atomic E-state index is 13.5. The van der Waals surface area contributed by atoms with Crippen molar-refractivity contribution < 1.29 is 9.18 Å². The number of hydrogen-bond donors (Lipinski definition) is 2. The Morgan fingerprint density at radius 1 is 1.23 bits per heavy atom. The number of hydrogen-bond acceptors (Lipinski definition) is 3. The van der Waals surface area contributed by atoms with E-state index in [0.29, 0.717) is 30.8 Å². The van der Waals surface area contributed by atoms with Gasteiger partial charge in [-0.1, -0.05) is 25.1 Å². The Balaban J connectivity index is 1.81. The fourth-order valence-corrected chi connectivity index (χ4v) is 2.05. The average molecular weight is 301 g/mol. The molecule has 5 heteroatoms. The molecule has 0 aliphatic rings. The molecular weight excluding hydrogens is 281 g/mol. The van der Waals surface area contributed by atoms with Crippen molar-refractivity contribution in [2.24, 2.45) is 0 Å². The van der Waals surface area contributed by atoms with Crippen LogP contribution in [0.15, 0.2) is 42.6 Å². The van der Waals surface area contributed by atoms with Gasteiger partial charge >= 0.3 is 0 Å². The monoisotopic (exact) mass is 301 g/mol. The van der Waals surface area contributed by atoms with E-state index in [-0.39, 0.29) is 11.7 Å². The molecule has 0 fully saturated rings. The highest BCUT2D eigenvalue weighted by Gasteiger charge is 2.03. The third kappa shape index (κ3) is 4.84. The molecule has 1 aromatic carbocycles. The number of aromatic nitrogens is 1. The summed E-state index contributed by atoms with van der Waals surface area (Å²) < 4.78 is 13.5. The van der Waals surface area contributed by atoms with Crippen molar-refractivity contribution >= 4 is 17.4 Å². The molecule has 2 aromatic rings. The summed E-state index contributed by atoms with van der Waals surface area (Å²) in [7, 11) is 0. The van der Waals surface area contributed by atoms with Crippen LogP contribution in [0.25, 0.3) is 0 Å². The molecule has 2 rings (SSSR count). The predicted octanol–water partition coefficient (Wildman–Crippen LogP) is 3.61. The van der Waals surface area contributed by atoms with Crippen LogP contribution in [-0.4, -0.2) is 17.4 Å². The number of nitrogens with one attached hydrogen (secondary N) is 2. The van der Waals surface area contributed by atoms with E-state index in [1.807, 2.05) is 19.1 Å². The summed E-state index contributed by atoms with van der Waals surface area (Å²) in [5, 5.41) is 5.92. The first-order valence-corrected chi connectivity index (χ1v) is 7.42. The molecule has 22 heavy (non-hydrogen) atoms. The van der Waals surface area contributed by atoms with Crippen molar-refractivity contribution in [3.05, 3.63) is 54.0 Å². The van der Waals surface area contributed by atoms with E-state index in [0.717, 1.165) is 12.1 Å². The van der Waals surface area contributed by atoms with Crippen LogP contribution < -0.4 is 10.6 Å². The van der Waals surface area contributed by atoms with E-state index in [9.17, 15) is 9.18 Å². The summed E-state index contributed by atoms with van der Waals surface area (Å²) in [4.78, 5) is 15.6. The number of nitrogens with zero attached hydrogens (tertiary/aromatic N) is 1. The van der Waals surface area contributed by atoms with Crippen LogP contribution in [0.1, 0.15) is 25.3 Å². The largest absolute Gasteiger partial charge is 0.383 e. The molecule has 2 N–H and O–H groups in total. The number of benzene rings is 1. The lowest BCUT2D eigenvalue weighted by Crippen LogP contribution is -2.12. The second-order valence-electron chi connectivity index (χ2n) is 5.00. The van der Waals surface area contributed by atoms with Gasteiger partial charge < -0.3 is 10.6 Å². The molecule has 0 aliphatic carbocycles. The van der Waals surface area contributed by atoms with E-state index < -0.39 is 0 Å². The zero-order valence-corrected chi connectivity index (χ0v) is 12.6. The van der Waals surface area contributed by atoms with Crippen molar-refractivity contribution in [2.75, 3.05) is 17.2 Å². The molecular formula is C17H20FN3O. The van der Waals surface area contributed by atoms with Crippen molar-refractivity contribution in [1.82, 2.24) is 4.98 Å². The Morgan fingerprint density at radius 3 is 2.73 bits per heavy atom. The van der Waals surface area contributed by atoms with Crippen LogP contribution in [0.2, 0.25) is 0 Å². The fourth-order valence-electron chi connectivity index (χ4n) is 2.05. The molecule has 0 bridgehead atoms. The first-order chi connectivity index (χ1) is 10.7. The van der Waals surface area contributed by atoms with E-state index in [1.165, 1.54) is 6.07 Å². The maximum Gasteiger partial charge on any atom is 0.225 e. The molecule has 1 heterocycles. The number of halogens is 1. The van der Waals surface area contributed by atoms with Crippen molar-refractivity contribution in [3.63, 3.8) is 0 Å². The van der Waals surface area contributed by atoms with Crippen molar-refractivity contribution in [2.45, 2.75) is 26.2 Å². The van der Waals surface area contributed by atoms with Gasteiger partial charge in [0, 0.05) is 13.0 Å². The molecule has 116 valence electrons. The van der Waals surface area contributed by atoms with E-state index in [4.69, 9.17) is 0 Å². The van der Waals surface area contributed by atoms with Crippen molar-refractivity contribution in [1.29, 1.82) is 0 Å². The number of carbonyl (C=O) groups is 1. The number of anilines is 2. The topological polar surface area (TPSA) is 54.0 Å². The third-order valence-corrected chi connectivity index (χ3v) is 3.19. The Bertz CT molecular complexity index is 614. The van der Waals surface area contributed by atoms with Gasteiger partial charge in [0.15, 0.2) is 0 Å². The maximum atomic E-state index is 13.5. The summed E-state index contributed by atoms with van der Waals surface area (Å²) >= 11 is 0. The molecule has 1 aromatic heterocycles. The Morgan fingerprint density at radius 2 is 2.05 bits per heavy atom. The quantitative estimate of drug-likeness (QED) is 0.821. The second kappa shape index (κ2) is 8.12. The number of pyridine rings is 1. The van der Waals surface area contributed by atoms with Gasteiger partial charge in [-0.05, 0) is 36.6 Å². The first-order valence-electron chi connectivity index (χ1n) is 7.42. The molecule has 0 radical (unpaired) electrons. The molecule has 0 spiro atoms. The highest BCUT2D eigenvalue weighted by Crippen LogP contribution is 2.11. The molecule has 1 amide bonds. The number of rotatable bonds is 7. The Hall–Kier alpha value is -2.43. The summed E-state index contributed by atoms with van der Waals surface area (Å²) in [6.07, 6.45) is 3.55. The Labute approximate surface area is 129 Å². The van der Waals surface area contributed by atoms with Gasteiger partial charge in [-0.3, -0.25) is 4.79 Å². The van der Waals surface area contributed by atoms with Crippen LogP contribution >= 0.6 is 0 Å². The highest BCUT2D eigenvalue weighted by molar-refractivity contribution is 5.89. The zero-order chi connectivity index (χ0) is 15.8. The minimum atomic E-state index is -0.184. The fraction of sp³-hybridized carbons (Fsp3) is 0.294. The Kier molecular flexibility index (Phi) is 5.89. The second-order valence-corrected chi connectivity index (χ2v) is 5.00. The van der Waals surface area contributed by atoms with E-state index in [1.54, 1.807) is 24.4 Å². The smallest absolute Gasteiger partial charge is 0.225 e. The minimum absolute atomic E-state index is 0.0322. The van der Waals surface area contributed by atoms with Crippen LogP contribution in [0.3, 0.4) is 0 Å². The van der Waals surface area contributed by atoms with E-state index >= 15 is 0 Å². The molecule has 0 unspecified atom stereocenters. The number of carbonyl (C=O) groups excluding carboxylic acids is 1. The van der Waals surface area contributed by atoms with E-state index in [2.05, 4.69) is 15.6 Å².